The van der Waals surface area contributed by atoms with Crippen LogP contribution >= 0.6 is 0 Å². The van der Waals surface area contributed by atoms with Crippen molar-refractivity contribution in [2.45, 2.75) is 66.5 Å². The molecule has 0 saturated heterocycles. The van der Waals surface area contributed by atoms with Crippen molar-refractivity contribution in [2.75, 3.05) is 0 Å². The van der Waals surface area contributed by atoms with E-state index in [1.807, 2.05) is 6.92 Å². The Hall–Kier alpha value is -0.0700. The Morgan fingerprint density at radius 3 is 2.00 bits per heavy atom. The molecule has 13 heavy (non-hydrogen) atoms. The zero-order valence-electron chi connectivity index (χ0n) is 9.86. The first-order chi connectivity index (χ1) is 6.00. The van der Waals surface area contributed by atoms with Gasteiger partial charge in [0.1, 0.15) is 6.17 Å². The van der Waals surface area contributed by atoms with Crippen molar-refractivity contribution in [1.29, 1.82) is 0 Å². The molecular weight excluding hydrogens is 163 g/mol. The number of halogens is 1. The standard InChI is InChI=1S/C12H25F/c1-6-10(4)12(5,8-3)9-11(13)7-2/h10-11H,6-9H2,1-5H3. The molecular formula is C12H25F. The van der Waals surface area contributed by atoms with Crippen molar-refractivity contribution in [1.82, 2.24) is 0 Å². The predicted molar refractivity (Wildman–Crippen MR) is 57.7 cm³/mol. The fraction of sp³-hybridized carbons (Fsp3) is 1.00. The zero-order valence-corrected chi connectivity index (χ0v) is 9.86. The average molecular weight is 188 g/mol. The SMILES string of the molecule is CCC(F)CC(C)(CC)C(C)CC. The van der Waals surface area contributed by atoms with Crippen molar-refractivity contribution in [3.05, 3.63) is 0 Å². The molecule has 1 heteroatoms. The van der Waals surface area contributed by atoms with Crippen LogP contribution in [0.25, 0.3) is 0 Å². The lowest BCUT2D eigenvalue weighted by molar-refractivity contribution is 0.116. The lowest BCUT2D eigenvalue weighted by Crippen LogP contribution is -2.27. The molecule has 0 radical (unpaired) electrons. The molecule has 0 rings (SSSR count). The van der Waals surface area contributed by atoms with Crippen LogP contribution in [-0.4, -0.2) is 6.17 Å². The van der Waals surface area contributed by atoms with Gasteiger partial charge < -0.3 is 0 Å². The second-order valence-electron chi connectivity index (χ2n) is 4.53. The van der Waals surface area contributed by atoms with Gasteiger partial charge in [0, 0.05) is 0 Å². The summed E-state index contributed by atoms with van der Waals surface area (Å²) >= 11 is 0. The maximum atomic E-state index is 13.3. The van der Waals surface area contributed by atoms with Crippen LogP contribution in [-0.2, 0) is 0 Å². The van der Waals surface area contributed by atoms with E-state index < -0.39 is 6.17 Å². The van der Waals surface area contributed by atoms with E-state index in [0.29, 0.717) is 12.3 Å². The quantitative estimate of drug-likeness (QED) is 0.572. The lowest BCUT2D eigenvalue weighted by atomic mass is 9.71. The molecule has 0 aliphatic rings. The maximum absolute atomic E-state index is 13.3. The minimum Gasteiger partial charge on any atom is -0.247 e. The molecule has 0 aliphatic heterocycles. The van der Waals surface area contributed by atoms with E-state index in [1.165, 1.54) is 0 Å². The first kappa shape index (κ1) is 12.9. The molecule has 0 aromatic rings. The Morgan fingerprint density at radius 2 is 1.69 bits per heavy atom. The second-order valence-corrected chi connectivity index (χ2v) is 4.53. The largest absolute Gasteiger partial charge is 0.247 e. The van der Waals surface area contributed by atoms with Gasteiger partial charge in [-0.2, -0.15) is 0 Å². The van der Waals surface area contributed by atoms with Crippen LogP contribution in [0.5, 0.6) is 0 Å². The molecule has 0 spiro atoms. The molecule has 3 atom stereocenters. The van der Waals surface area contributed by atoms with E-state index in [2.05, 4.69) is 27.7 Å². The summed E-state index contributed by atoms with van der Waals surface area (Å²) in [6.07, 6.45) is 3.02. The Labute approximate surface area is 82.9 Å². The highest BCUT2D eigenvalue weighted by molar-refractivity contribution is 4.80. The minimum atomic E-state index is -0.612. The molecule has 80 valence electrons. The fourth-order valence-electron chi connectivity index (χ4n) is 1.84. The summed E-state index contributed by atoms with van der Waals surface area (Å²) in [5.41, 5.74) is 0.199. The highest BCUT2D eigenvalue weighted by Crippen LogP contribution is 2.38. The van der Waals surface area contributed by atoms with E-state index >= 15 is 0 Å². The zero-order chi connectivity index (χ0) is 10.5. The third kappa shape index (κ3) is 3.66. The summed E-state index contributed by atoms with van der Waals surface area (Å²) in [7, 11) is 0. The molecule has 0 N–H and O–H groups in total. The maximum Gasteiger partial charge on any atom is 0.100 e. The molecule has 0 bridgehead atoms. The predicted octanol–water partition coefficient (Wildman–Crippen LogP) is 4.59. The van der Waals surface area contributed by atoms with E-state index in [0.717, 1.165) is 19.3 Å². The second kappa shape index (κ2) is 5.62. The summed E-state index contributed by atoms with van der Waals surface area (Å²) < 4.78 is 13.3. The number of alkyl halides is 1. The van der Waals surface area contributed by atoms with E-state index in [-0.39, 0.29) is 5.41 Å². The smallest absolute Gasteiger partial charge is 0.100 e. The lowest BCUT2D eigenvalue weighted by Gasteiger charge is -2.35. The molecule has 0 heterocycles. The van der Waals surface area contributed by atoms with E-state index in [1.54, 1.807) is 0 Å². The van der Waals surface area contributed by atoms with Gasteiger partial charge in [-0.15, -0.1) is 0 Å². The highest BCUT2D eigenvalue weighted by atomic mass is 19.1. The van der Waals surface area contributed by atoms with Gasteiger partial charge in [-0.1, -0.05) is 47.5 Å². The number of hydrogen-bond acceptors (Lipinski definition) is 0. The third-order valence-corrected chi connectivity index (χ3v) is 3.74. The normalized spacial score (nSPS) is 20.8. The molecule has 0 nitrogen and oxygen atoms in total. The Balaban J connectivity index is 4.26. The molecule has 0 aliphatic carbocycles. The Kier molecular flexibility index (Phi) is 5.59. The number of rotatable bonds is 6. The van der Waals surface area contributed by atoms with Gasteiger partial charge in [0.2, 0.25) is 0 Å². The van der Waals surface area contributed by atoms with Gasteiger partial charge in [-0.25, -0.2) is 4.39 Å². The van der Waals surface area contributed by atoms with Crippen LogP contribution in [0.15, 0.2) is 0 Å². The average Bonchev–Trinajstić information content (AvgIpc) is 2.15. The summed E-state index contributed by atoms with van der Waals surface area (Å²) in [6, 6.07) is 0. The molecule has 0 aromatic carbocycles. The summed E-state index contributed by atoms with van der Waals surface area (Å²) in [5.74, 6) is 0.627. The molecule has 0 saturated carbocycles. The van der Waals surface area contributed by atoms with Crippen LogP contribution in [0.4, 0.5) is 4.39 Å². The van der Waals surface area contributed by atoms with E-state index in [9.17, 15) is 4.39 Å². The first-order valence-corrected chi connectivity index (χ1v) is 5.64. The van der Waals surface area contributed by atoms with Crippen LogP contribution in [0.3, 0.4) is 0 Å². The van der Waals surface area contributed by atoms with Crippen LogP contribution < -0.4 is 0 Å². The van der Waals surface area contributed by atoms with Gasteiger partial charge in [0.05, 0.1) is 0 Å². The molecule has 0 fully saturated rings. The summed E-state index contributed by atoms with van der Waals surface area (Å²) in [4.78, 5) is 0. The van der Waals surface area contributed by atoms with Crippen molar-refractivity contribution in [3.8, 4) is 0 Å². The van der Waals surface area contributed by atoms with Gasteiger partial charge in [0.25, 0.3) is 0 Å². The summed E-state index contributed by atoms with van der Waals surface area (Å²) in [5, 5.41) is 0. The van der Waals surface area contributed by atoms with Crippen LogP contribution in [0, 0.1) is 11.3 Å². The third-order valence-electron chi connectivity index (χ3n) is 3.74. The fourth-order valence-corrected chi connectivity index (χ4v) is 1.84. The van der Waals surface area contributed by atoms with Crippen molar-refractivity contribution in [3.63, 3.8) is 0 Å². The minimum absolute atomic E-state index is 0.199. The monoisotopic (exact) mass is 188 g/mol. The van der Waals surface area contributed by atoms with Gasteiger partial charge >= 0.3 is 0 Å². The van der Waals surface area contributed by atoms with Gasteiger partial charge in [-0.05, 0) is 24.2 Å². The Morgan fingerprint density at radius 1 is 1.15 bits per heavy atom. The molecule has 0 amide bonds. The first-order valence-electron chi connectivity index (χ1n) is 5.64. The van der Waals surface area contributed by atoms with Crippen LogP contribution in [0.1, 0.15) is 60.3 Å². The van der Waals surface area contributed by atoms with Crippen LogP contribution in [0.2, 0.25) is 0 Å². The number of hydrogen-bond donors (Lipinski definition) is 0. The van der Waals surface area contributed by atoms with Crippen molar-refractivity contribution in [2.24, 2.45) is 11.3 Å². The Bertz CT molecular complexity index is 133. The molecule has 0 aromatic heterocycles. The van der Waals surface area contributed by atoms with Gasteiger partial charge in [0.15, 0.2) is 0 Å². The van der Waals surface area contributed by atoms with Crippen molar-refractivity contribution < 1.29 is 4.39 Å². The van der Waals surface area contributed by atoms with Gasteiger partial charge in [-0.3, -0.25) is 0 Å². The van der Waals surface area contributed by atoms with E-state index in [4.69, 9.17) is 0 Å². The van der Waals surface area contributed by atoms with Crippen molar-refractivity contribution >= 4 is 0 Å². The topological polar surface area (TPSA) is 0 Å². The molecule has 3 unspecified atom stereocenters. The highest BCUT2D eigenvalue weighted by Gasteiger charge is 2.30. The summed E-state index contributed by atoms with van der Waals surface area (Å²) in [6.45, 7) is 10.8.